The highest BCUT2D eigenvalue weighted by Crippen LogP contribution is 2.46. The SMILES string of the molecule is CC1(C)SC(=N[C@@H]2C[C@H]3CC[C@@H]2C3)NC1=O. The van der Waals surface area contributed by atoms with Crippen LogP contribution in [0.4, 0.5) is 0 Å². The Hall–Kier alpha value is -0.510. The monoisotopic (exact) mass is 238 g/mol. The van der Waals surface area contributed by atoms with Crippen molar-refractivity contribution in [1.29, 1.82) is 0 Å². The predicted octanol–water partition coefficient (Wildman–Crippen LogP) is 2.17. The average molecular weight is 238 g/mol. The Balaban J connectivity index is 1.73. The summed E-state index contributed by atoms with van der Waals surface area (Å²) < 4.78 is -0.337. The molecule has 0 radical (unpaired) electrons. The van der Waals surface area contributed by atoms with E-state index >= 15 is 0 Å². The summed E-state index contributed by atoms with van der Waals surface area (Å²) in [5.74, 6) is 1.80. The van der Waals surface area contributed by atoms with E-state index in [4.69, 9.17) is 4.99 Å². The quantitative estimate of drug-likeness (QED) is 0.760. The van der Waals surface area contributed by atoms with Crippen LogP contribution in [-0.4, -0.2) is 21.9 Å². The van der Waals surface area contributed by atoms with Gasteiger partial charge in [-0.3, -0.25) is 9.79 Å². The second kappa shape index (κ2) is 3.49. The third kappa shape index (κ3) is 1.67. The van der Waals surface area contributed by atoms with Crippen molar-refractivity contribution in [2.45, 2.75) is 50.3 Å². The Bertz CT molecular complexity index is 364. The summed E-state index contributed by atoms with van der Waals surface area (Å²) in [6.07, 6.45) is 5.35. The summed E-state index contributed by atoms with van der Waals surface area (Å²) in [6, 6.07) is 0.482. The summed E-state index contributed by atoms with van der Waals surface area (Å²) in [5, 5.41) is 3.76. The molecular weight excluding hydrogens is 220 g/mol. The molecule has 3 fully saturated rings. The molecule has 1 heterocycles. The van der Waals surface area contributed by atoms with E-state index in [-0.39, 0.29) is 10.7 Å². The number of amides is 1. The molecule has 1 amide bonds. The van der Waals surface area contributed by atoms with Gasteiger partial charge in [0.2, 0.25) is 5.91 Å². The Kier molecular flexibility index (Phi) is 2.32. The summed E-state index contributed by atoms with van der Waals surface area (Å²) in [4.78, 5) is 16.4. The molecule has 1 aliphatic heterocycles. The molecule has 3 atom stereocenters. The van der Waals surface area contributed by atoms with Crippen LogP contribution in [0.1, 0.15) is 39.5 Å². The van der Waals surface area contributed by atoms with Crippen molar-refractivity contribution in [3.63, 3.8) is 0 Å². The lowest BCUT2D eigenvalue weighted by atomic mass is 9.96. The van der Waals surface area contributed by atoms with E-state index in [1.807, 2.05) is 13.8 Å². The molecule has 4 heteroatoms. The van der Waals surface area contributed by atoms with Crippen LogP contribution in [0, 0.1) is 11.8 Å². The number of aliphatic imine (C=N–C) groups is 1. The van der Waals surface area contributed by atoms with Crippen molar-refractivity contribution < 1.29 is 4.79 Å². The molecule has 0 aromatic rings. The minimum absolute atomic E-state index is 0.0967. The van der Waals surface area contributed by atoms with E-state index in [0.717, 1.165) is 17.0 Å². The number of fused-ring (bicyclic) bond motifs is 2. The molecule has 0 aromatic heterocycles. The summed E-state index contributed by atoms with van der Waals surface area (Å²) >= 11 is 1.58. The minimum atomic E-state index is -0.337. The van der Waals surface area contributed by atoms with Crippen molar-refractivity contribution in [3.05, 3.63) is 0 Å². The standard InChI is InChI=1S/C12H18N2OS/c1-12(2)10(15)14-11(16-12)13-9-6-7-3-4-8(9)5-7/h7-9H,3-6H2,1-2H3,(H,13,14,15)/t7-,8+,9+/m0/s1. The molecule has 2 saturated carbocycles. The first kappa shape index (κ1) is 10.6. The molecule has 3 rings (SSSR count). The zero-order valence-corrected chi connectivity index (χ0v) is 10.6. The number of carbonyl (C=O) groups excluding carboxylic acids is 1. The Labute approximate surface area is 100 Å². The summed E-state index contributed by atoms with van der Waals surface area (Å²) in [6.45, 7) is 3.91. The van der Waals surface area contributed by atoms with Gasteiger partial charge in [0.1, 0.15) is 0 Å². The van der Waals surface area contributed by atoms with Crippen LogP contribution in [0.2, 0.25) is 0 Å². The normalized spacial score (nSPS) is 43.0. The fraction of sp³-hybridized carbons (Fsp3) is 0.833. The molecular formula is C12H18N2OS. The van der Waals surface area contributed by atoms with Gasteiger partial charge in [0.15, 0.2) is 5.17 Å². The maximum atomic E-state index is 11.6. The Morgan fingerprint density at radius 1 is 1.38 bits per heavy atom. The van der Waals surface area contributed by atoms with Gasteiger partial charge in [-0.2, -0.15) is 0 Å². The van der Waals surface area contributed by atoms with Crippen LogP contribution in [0.3, 0.4) is 0 Å². The number of carbonyl (C=O) groups is 1. The number of amidine groups is 1. The topological polar surface area (TPSA) is 41.5 Å². The van der Waals surface area contributed by atoms with Gasteiger partial charge >= 0.3 is 0 Å². The Morgan fingerprint density at radius 3 is 2.69 bits per heavy atom. The van der Waals surface area contributed by atoms with E-state index in [2.05, 4.69) is 5.32 Å². The van der Waals surface area contributed by atoms with Crippen molar-refractivity contribution in [2.75, 3.05) is 0 Å². The van der Waals surface area contributed by atoms with Crippen LogP contribution in [0.25, 0.3) is 0 Å². The minimum Gasteiger partial charge on any atom is -0.304 e. The van der Waals surface area contributed by atoms with E-state index in [1.54, 1.807) is 11.8 Å². The van der Waals surface area contributed by atoms with Gasteiger partial charge in [-0.25, -0.2) is 0 Å². The van der Waals surface area contributed by atoms with Crippen LogP contribution in [0.15, 0.2) is 4.99 Å². The van der Waals surface area contributed by atoms with Gasteiger partial charge in [0.05, 0.1) is 10.8 Å². The number of hydrogen-bond donors (Lipinski definition) is 1. The van der Waals surface area contributed by atoms with E-state index < -0.39 is 0 Å². The third-order valence-corrected chi connectivity index (χ3v) is 5.20. The number of rotatable bonds is 1. The number of thioether (sulfide) groups is 1. The number of nitrogens with zero attached hydrogens (tertiary/aromatic N) is 1. The number of hydrogen-bond acceptors (Lipinski definition) is 3. The van der Waals surface area contributed by atoms with Crippen molar-refractivity contribution >= 4 is 22.8 Å². The lowest BCUT2D eigenvalue weighted by Crippen LogP contribution is -2.31. The fourth-order valence-electron chi connectivity index (χ4n) is 3.14. The molecule has 2 aliphatic carbocycles. The highest BCUT2D eigenvalue weighted by atomic mass is 32.2. The van der Waals surface area contributed by atoms with Gasteiger partial charge in [-0.05, 0) is 44.9 Å². The first-order valence-electron chi connectivity index (χ1n) is 6.13. The highest BCUT2D eigenvalue weighted by Gasteiger charge is 2.42. The highest BCUT2D eigenvalue weighted by molar-refractivity contribution is 8.16. The molecule has 0 spiro atoms. The van der Waals surface area contributed by atoms with Gasteiger partial charge < -0.3 is 5.32 Å². The van der Waals surface area contributed by atoms with E-state index in [1.165, 1.54) is 25.7 Å². The molecule has 88 valence electrons. The zero-order chi connectivity index (χ0) is 11.3. The molecule has 16 heavy (non-hydrogen) atoms. The van der Waals surface area contributed by atoms with E-state index in [0.29, 0.717) is 6.04 Å². The molecule has 3 nitrogen and oxygen atoms in total. The maximum Gasteiger partial charge on any atom is 0.242 e. The number of nitrogens with one attached hydrogen (secondary N) is 1. The van der Waals surface area contributed by atoms with Crippen molar-refractivity contribution in [2.24, 2.45) is 16.8 Å². The summed E-state index contributed by atoms with van der Waals surface area (Å²) in [7, 11) is 0. The smallest absolute Gasteiger partial charge is 0.242 e. The van der Waals surface area contributed by atoms with Gasteiger partial charge in [0, 0.05) is 0 Å². The lowest BCUT2D eigenvalue weighted by molar-refractivity contribution is -0.120. The molecule has 1 saturated heterocycles. The first-order chi connectivity index (χ1) is 7.54. The predicted molar refractivity (Wildman–Crippen MR) is 66.5 cm³/mol. The van der Waals surface area contributed by atoms with E-state index in [9.17, 15) is 4.79 Å². The molecule has 3 aliphatic rings. The van der Waals surface area contributed by atoms with Crippen LogP contribution in [-0.2, 0) is 4.79 Å². The van der Waals surface area contributed by atoms with Crippen molar-refractivity contribution in [3.8, 4) is 0 Å². The Morgan fingerprint density at radius 2 is 2.19 bits per heavy atom. The third-order valence-electron chi connectivity index (χ3n) is 4.10. The molecule has 0 aromatic carbocycles. The second-order valence-electron chi connectivity index (χ2n) is 5.74. The van der Waals surface area contributed by atoms with Crippen LogP contribution in [0.5, 0.6) is 0 Å². The lowest BCUT2D eigenvalue weighted by Gasteiger charge is -2.17. The van der Waals surface area contributed by atoms with Crippen LogP contribution < -0.4 is 5.32 Å². The van der Waals surface area contributed by atoms with Crippen molar-refractivity contribution in [1.82, 2.24) is 5.32 Å². The van der Waals surface area contributed by atoms with Gasteiger partial charge in [0.25, 0.3) is 0 Å². The maximum absolute atomic E-state index is 11.6. The van der Waals surface area contributed by atoms with Gasteiger partial charge in [-0.15, -0.1) is 0 Å². The first-order valence-corrected chi connectivity index (χ1v) is 6.94. The average Bonchev–Trinajstić information content (AvgIpc) is 2.82. The molecule has 2 bridgehead atoms. The zero-order valence-electron chi connectivity index (χ0n) is 9.82. The summed E-state index contributed by atoms with van der Waals surface area (Å²) in [5.41, 5.74) is 0. The van der Waals surface area contributed by atoms with Crippen LogP contribution >= 0.6 is 11.8 Å². The molecule has 0 unspecified atom stereocenters. The molecule has 1 N–H and O–H groups in total. The van der Waals surface area contributed by atoms with Gasteiger partial charge in [-0.1, -0.05) is 18.2 Å². The largest absolute Gasteiger partial charge is 0.304 e. The fourth-order valence-corrected chi connectivity index (χ4v) is 4.10. The second-order valence-corrected chi connectivity index (χ2v) is 7.35.